The minimum atomic E-state index is -3.53. The SMILES string of the molecule is NC(C(=O)P(O)c1ccccc1)([N+](=O)[O-])[N+](=O)[O-]. The molecule has 0 radical (unpaired) electrons. The zero-order valence-electron chi connectivity index (χ0n) is 8.79. The molecule has 0 saturated heterocycles. The number of rotatable bonds is 5. The Morgan fingerprint density at radius 3 is 2.06 bits per heavy atom. The van der Waals surface area contributed by atoms with Gasteiger partial charge in [0.2, 0.25) is 0 Å². The van der Waals surface area contributed by atoms with Gasteiger partial charge >= 0.3 is 11.3 Å². The van der Waals surface area contributed by atoms with Crippen LogP contribution in [0.15, 0.2) is 30.3 Å². The van der Waals surface area contributed by atoms with Crippen molar-refractivity contribution in [3.63, 3.8) is 0 Å². The van der Waals surface area contributed by atoms with Gasteiger partial charge in [-0.3, -0.25) is 25.0 Å². The van der Waals surface area contributed by atoms with Crippen LogP contribution in [0.25, 0.3) is 0 Å². The predicted octanol–water partition coefficient (Wildman–Crippen LogP) is -0.606. The molecule has 0 heterocycles. The van der Waals surface area contributed by atoms with Gasteiger partial charge in [0.25, 0.3) is 0 Å². The van der Waals surface area contributed by atoms with E-state index in [1.54, 1.807) is 6.07 Å². The highest BCUT2D eigenvalue weighted by Gasteiger charge is 2.63. The molecule has 1 atom stereocenters. The van der Waals surface area contributed by atoms with Gasteiger partial charge in [0, 0.05) is 5.30 Å². The van der Waals surface area contributed by atoms with E-state index in [1.807, 2.05) is 0 Å². The van der Waals surface area contributed by atoms with Crippen molar-refractivity contribution < 1.29 is 19.5 Å². The standard InChI is InChI=1S/C8H8N3O6P/c9-8(10(13)14,11(15)16)7(12)18(17)6-4-2-1-3-5-6/h1-5,17H,9H2. The molecule has 0 spiro atoms. The normalized spacial score (nSPS) is 12.8. The first-order chi connectivity index (χ1) is 8.31. The molecule has 0 aromatic heterocycles. The van der Waals surface area contributed by atoms with Crippen molar-refractivity contribution in [1.82, 2.24) is 0 Å². The van der Waals surface area contributed by atoms with Crippen molar-refractivity contribution in [2.75, 3.05) is 0 Å². The minimum absolute atomic E-state index is 0.0519. The number of nitrogens with zero attached hydrogens (tertiary/aromatic N) is 2. The molecule has 1 unspecified atom stereocenters. The average Bonchev–Trinajstić information content (AvgIpc) is 2.36. The summed E-state index contributed by atoms with van der Waals surface area (Å²) in [5, 5.41) is 21.2. The van der Waals surface area contributed by atoms with Crippen LogP contribution in [0.3, 0.4) is 0 Å². The van der Waals surface area contributed by atoms with Crippen LogP contribution in [-0.2, 0) is 4.79 Å². The van der Waals surface area contributed by atoms with E-state index in [0.717, 1.165) is 0 Å². The lowest BCUT2D eigenvalue weighted by atomic mass is 10.4. The summed E-state index contributed by atoms with van der Waals surface area (Å²) in [5.74, 6) is -3.53. The van der Waals surface area contributed by atoms with E-state index in [4.69, 9.17) is 5.73 Å². The zero-order chi connectivity index (χ0) is 13.9. The number of carbonyl (C=O) groups excluding carboxylic acids is 1. The molecule has 0 aliphatic heterocycles. The topological polar surface area (TPSA) is 150 Å². The highest BCUT2D eigenvalue weighted by molar-refractivity contribution is 7.76. The van der Waals surface area contributed by atoms with Gasteiger partial charge in [0.1, 0.15) is 18.0 Å². The first kappa shape index (κ1) is 14.1. The highest BCUT2D eigenvalue weighted by Crippen LogP contribution is 2.34. The molecule has 0 aliphatic carbocycles. The summed E-state index contributed by atoms with van der Waals surface area (Å²) in [5.41, 5.74) is 3.23. The van der Waals surface area contributed by atoms with Crippen LogP contribution >= 0.6 is 8.15 Å². The summed E-state index contributed by atoms with van der Waals surface area (Å²) in [4.78, 5) is 39.3. The molecule has 18 heavy (non-hydrogen) atoms. The lowest BCUT2D eigenvalue weighted by Crippen LogP contribution is -2.60. The summed E-state index contributed by atoms with van der Waals surface area (Å²) in [6, 6.07) is 7.19. The number of carbonyl (C=O) groups is 1. The molecule has 1 aromatic rings. The van der Waals surface area contributed by atoms with Gasteiger partial charge in [-0.2, -0.15) is 5.73 Å². The Bertz CT molecular complexity index is 479. The van der Waals surface area contributed by atoms with Gasteiger partial charge in [-0.05, 0) is 0 Å². The lowest BCUT2D eigenvalue weighted by Gasteiger charge is -2.14. The van der Waals surface area contributed by atoms with Crippen LogP contribution in [0, 0.1) is 20.2 Å². The van der Waals surface area contributed by atoms with Crippen molar-refractivity contribution in [2.45, 2.75) is 5.79 Å². The molecule has 0 saturated carbocycles. The van der Waals surface area contributed by atoms with E-state index >= 15 is 0 Å². The summed E-state index contributed by atoms with van der Waals surface area (Å²) in [6.45, 7) is 0. The van der Waals surface area contributed by atoms with Crippen LogP contribution < -0.4 is 11.0 Å². The third-order valence-corrected chi connectivity index (χ3v) is 3.57. The second-order valence-corrected chi connectivity index (χ2v) is 4.74. The number of nitrogens with two attached hydrogens (primary N) is 1. The van der Waals surface area contributed by atoms with Crippen molar-refractivity contribution in [2.24, 2.45) is 5.73 Å². The van der Waals surface area contributed by atoms with E-state index in [2.05, 4.69) is 0 Å². The molecule has 3 N–H and O–H groups in total. The molecule has 0 bridgehead atoms. The van der Waals surface area contributed by atoms with E-state index in [-0.39, 0.29) is 5.30 Å². The molecular weight excluding hydrogens is 265 g/mol. The van der Waals surface area contributed by atoms with Crippen LogP contribution in [0.2, 0.25) is 0 Å². The van der Waals surface area contributed by atoms with Crippen LogP contribution in [0.1, 0.15) is 0 Å². The van der Waals surface area contributed by atoms with E-state index < -0.39 is 29.3 Å². The van der Waals surface area contributed by atoms with Gasteiger partial charge in [-0.1, -0.05) is 30.3 Å². The Morgan fingerprint density at radius 1 is 1.22 bits per heavy atom. The summed E-state index contributed by atoms with van der Waals surface area (Å²) in [6.07, 6.45) is 0. The fourth-order valence-corrected chi connectivity index (χ4v) is 2.23. The van der Waals surface area contributed by atoms with E-state index in [0.29, 0.717) is 0 Å². The second kappa shape index (κ2) is 5.13. The maximum Gasteiger partial charge on any atom is 0.585 e. The third kappa shape index (κ3) is 2.33. The molecule has 96 valence electrons. The van der Waals surface area contributed by atoms with Crippen molar-refractivity contribution in [3.05, 3.63) is 50.6 Å². The quantitative estimate of drug-likeness (QED) is 0.314. The molecule has 1 aromatic carbocycles. The van der Waals surface area contributed by atoms with Crippen molar-refractivity contribution in [3.8, 4) is 0 Å². The fraction of sp³-hybridized carbons (Fsp3) is 0.125. The Kier molecular flexibility index (Phi) is 4.02. The van der Waals surface area contributed by atoms with Crippen LogP contribution in [0.5, 0.6) is 0 Å². The Morgan fingerprint density at radius 2 is 1.67 bits per heavy atom. The molecular formula is C8H8N3O6P. The zero-order valence-corrected chi connectivity index (χ0v) is 9.69. The number of hydrogen-bond donors (Lipinski definition) is 2. The summed E-state index contributed by atoms with van der Waals surface area (Å²) in [7, 11) is -2.74. The second-order valence-electron chi connectivity index (χ2n) is 3.19. The third-order valence-electron chi connectivity index (χ3n) is 2.06. The van der Waals surface area contributed by atoms with Gasteiger partial charge in [0.05, 0.1) is 0 Å². The predicted molar refractivity (Wildman–Crippen MR) is 61.1 cm³/mol. The summed E-state index contributed by atoms with van der Waals surface area (Å²) < 4.78 is 0. The average molecular weight is 273 g/mol. The van der Waals surface area contributed by atoms with E-state index in [1.165, 1.54) is 24.3 Å². The van der Waals surface area contributed by atoms with Gasteiger partial charge in [-0.25, -0.2) is 0 Å². The molecule has 1 rings (SSSR count). The highest BCUT2D eigenvalue weighted by atomic mass is 31.1. The molecule has 0 aliphatic rings. The first-order valence-corrected chi connectivity index (χ1v) is 5.77. The Labute approximate surface area is 101 Å². The lowest BCUT2D eigenvalue weighted by molar-refractivity contribution is -0.773. The maximum absolute atomic E-state index is 11.6. The van der Waals surface area contributed by atoms with Crippen LogP contribution in [0.4, 0.5) is 0 Å². The largest absolute Gasteiger partial charge is 0.585 e. The van der Waals surface area contributed by atoms with Gasteiger partial charge in [0.15, 0.2) is 0 Å². The Balaban J connectivity index is 3.14. The fourth-order valence-electron chi connectivity index (χ4n) is 1.07. The summed E-state index contributed by atoms with van der Waals surface area (Å²) >= 11 is 0. The van der Waals surface area contributed by atoms with Gasteiger partial charge < -0.3 is 4.89 Å². The molecule has 0 amide bonds. The molecule has 9 nitrogen and oxygen atoms in total. The molecule has 0 fully saturated rings. The maximum atomic E-state index is 11.6. The van der Waals surface area contributed by atoms with E-state index in [9.17, 15) is 29.9 Å². The Hall–Kier alpha value is -1.96. The smallest absolute Gasteiger partial charge is 0.362 e. The van der Waals surface area contributed by atoms with Crippen LogP contribution in [-0.4, -0.2) is 26.1 Å². The molecule has 10 heteroatoms. The first-order valence-electron chi connectivity index (χ1n) is 4.48. The van der Waals surface area contributed by atoms with Crippen molar-refractivity contribution in [1.29, 1.82) is 0 Å². The number of nitro groups is 2. The van der Waals surface area contributed by atoms with Gasteiger partial charge in [-0.15, -0.1) is 0 Å². The minimum Gasteiger partial charge on any atom is -0.362 e. The number of benzene rings is 1. The number of hydrogen-bond acceptors (Lipinski definition) is 7. The van der Waals surface area contributed by atoms with Crippen molar-refractivity contribution >= 4 is 19.0 Å². The monoisotopic (exact) mass is 273 g/mol.